The molecule has 1 aliphatic carbocycles. The summed E-state index contributed by atoms with van der Waals surface area (Å²) in [5.41, 5.74) is 12.5. The molecule has 1 saturated carbocycles. The van der Waals surface area contributed by atoms with Gasteiger partial charge in [-0.1, -0.05) is 42.5 Å². The first kappa shape index (κ1) is 21.4. The maximum absolute atomic E-state index is 10.2. The molecule has 1 aliphatic rings. The number of nitriles is 1. The molecule has 1 fully saturated rings. The third-order valence-corrected chi connectivity index (χ3v) is 6.84. The zero-order valence-electron chi connectivity index (χ0n) is 19.5. The Hall–Kier alpha value is -4.12. The summed E-state index contributed by atoms with van der Waals surface area (Å²) < 4.78 is 1.76. The number of aliphatic hydroxyl groups is 1. The number of aromatic nitrogens is 4. The number of rotatable bonds is 3. The van der Waals surface area contributed by atoms with Crippen molar-refractivity contribution in [3.8, 4) is 28.5 Å². The molecule has 3 heterocycles. The van der Waals surface area contributed by atoms with E-state index in [0.29, 0.717) is 24.1 Å². The molecule has 7 nitrogen and oxygen atoms in total. The largest absolute Gasteiger partial charge is 0.390 e. The molecule has 0 atom stereocenters. The first-order valence-electron chi connectivity index (χ1n) is 11.5. The zero-order valence-corrected chi connectivity index (χ0v) is 19.5. The maximum Gasteiger partial charge on any atom is 0.165 e. The van der Waals surface area contributed by atoms with Gasteiger partial charge >= 0.3 is 0 Å². The van der Waals surface area contributed by atoms with E-state index >= 15 is 0 Å². The van der Waals surface area contributed by atoms with Crippen molar-refractivity contribution in [3.05, 3.63) is 83.7 Å². The normalized spacial score (nSPS) is 21.7. The van der Waals surface area contributed by atoms with Gasteiger partial charge in [-0.3, -0.25) is 0 Å². The summed E-state index contributed by atoms with van der Waals surface area (Å²) in [6, 6.07) is 21.8. The van der Waals surface area contributed by atoms with Crippen LogP contribution in [0, 0.1) is 18.3 Å². The Balaban J connectivity index is 1.57. The molecule has 0 unspecified atom stereocenters. The molecular weight excluding hydrogens is 436 g/mol. The molecule has 0 aliphatic heterocycles. The van der Waals surface area contributed by atoms with Crippen LogP contribution in [0.1, 0.15) is 36.6 Å². The Labute approximate surface area is 202 Å². The Morgan fingerprint density at radius 1 is 1.06 bits per heavy atom. The van der Waals surface area contributed by atoms with Gasteiger partial charge in [-0.15, -0.1) is 0 Å². The lowest BCUT2D eigenvalue weighted by molar-refractivity contribution is -0.0738. The van der Waals surface area contributed by atoms with Crippen molar-refractivity contribution in [2.45, 2.75) is 37.8 Å². The summed E-state index contributed by atoms with van der Waals surface area (Å²) >= 11 is 0. The highest BCUT2D eigenvalue weighted by molar-refractivity contribution is 5.92. The highest BCUT2D eigenvalue weighted by Crippen LogP contribution is 2.46. The van der Waals surface area contributed by atoms with Crippen LogP contribution in [0.25, 0.3) is 39.1 Å². The lowest BCUT2D eigenvalue weighted by atomic mass is 9.63. The molecule has 35 heavy (non-hydrogen) atoms. The van der Waals surface area contributed by atoms with Gasteiger partial charge in [0.15, 0.2) is 11.3 Å². The summed E-state index contributed by atoms with van der Waals surface area (Å²) in [6.45, 7) is 3.75. The van der Waals surface area contributed by atoms with Gasteiger partial charge in [0, 0.05) is 39.9 Å². The van der Waals surface area contributed by atoms with E-state index in [4.69, 9.17) is 10.7 Å². The van der Waals surface area contributed by atoms with Gasteiger partial charge in [0.05, 0.1) is 28.6 Å². The van der Waals surface area contributed by atoms with Gasteiger partial charge in [-0.05, 0) is 44.4 Å². The van der Waals surface area contributed by atoms with Crippen LogP contribution < -0.4 is 5.73 Å². The lowest BCUT2D eigenvalue weighted by Gasteiger charge is -2.49. The smallest absolute Gasteiger partial charge is 0.165 e. The fourth-order valence-electron chi connectivity index (χ4n) is 5.37. The predicted molar refractivity (Wildman–Crippen MR) is 134 cm³/mol. The van der Waals surface area contributed by atoms with E-state index in [1.165, 1.54) is 0 Å². The topological polar surface area (TPSA) is 113 Å². The van der Waals surface area contributed by atoms with Crippen LogP contribution in [0.15, 0.2) is 66.9 Å². The Bertz CT molecular complexity index is 1650. The van der Waals surface area contributed by atoms with E-state index in [0.717, 1.165) is 44.7 Å². The third kappa shape index (κ3) is 3.46. The van der Waals surface area contributed by atoms with E-state index in [2.05, 4.69) is 16.2 Å². The van der Waals surface area contributed by atoms with Gasteiger partial charge in [-0.2, -0.15) is 14.9 Å². The highest BCUT2D eigenvalue weighted by Gasteiger charge is 2.49. The fourth-order valence-corrected chi connectivity index (χ4v) is 5.37. The number of aryl methyl sites for hydroxylation is 1. The van der Waals surface area contributed by atoms with Gasteiger partial charge in [0.25, 0.3) is 0 Å². The van der Waals surface area contributed by atoms with Gasteiger partial charge in [0.2, 0.25) is 0 Å². The Morgan fingerprint density at radius 2 is 1.80 bits per heavy atom. The number of pyridine rings is 1. The summed E-state index contributed by atoms with van der Waals surface area (Å²) in [4.78, 5) is 9.60. The number of nitrogens with two attached hydrogens (primary N) is 1. The molecule has 0 saturated heterocycles. The summed E-state index contributed by atoms with van der Waals surface area (Å²) in [7, 11) is 0. The quantitative estimate of drug-likeness (QED) is 0.410. The van der Waals surface area contributed by atoms with Crippen molar-refractivity contribution < 1.29 is 5.11 Å². The molecule has 0 bridgehead atoms. The molecule has 7 heteroatoms. The van der Waals surface area contributed by atoms with E-state index in [1.807, 2.05) is 74.5 Å². The molecule has 172 valence electrons. The number of hydrogen-bond donors (Lipinski definition) is 2. The SMILES string of the molecule is Cc1cc2ncc3cc(-c4ccccc4C#N)c(-c4ccc([C@]5(N)C[C@](C)(O)C5)cc4)nc3n2n1. The highest BCUT2D eigenvalue weighted by atomic mass is 16.3. The second-order valence-corrected chi connectivity index (χ2v) is 9.85. The van der Waals surface area contributed by atoms with Crippen molar-refractivity contribution in [1.29, 1.82) is 5.26 Å². The molecule has 3 N–H and O–H groups in total. The minimum Gasteiger partial charge on any atom is -0.390 e. The standard InChI is InChI=1S/C28H24N6O/c1-17-11-24-31-14-20-12-23(22-6-4-3-5-19(22)13-29)25(32-26(20)34(24)33-17)18-7-9-21(10-8-18)28(30)15-27(2,35)16-28/h3-12,14,35H,15-16,30H2,1-2H3/t27-,28-. The average molecular weight is 461 g/mol. The van der Waals surface area contributed by atoms with Crippen LogP contribution >= 0.6 is 0 Å². The molecular formula is C28H24N6O. The van der Waals surface area contributed by atoms with Crippen LogP contribution in [0.2, 0.25) is 0 Å². The van der Waals surface area contributed by atoms with Crippen LogP contribution in [0.5, 0.6) is 0 Å². The number of fused-ring (bicyclic) bond motifs is 3. The summed E-state index contributed by atoms with van der Waals surface area (Å²) in [5, 5.41) is 25.4. The van der Waals surface area contributed by atoms with Gasteiger partial charge < -0.3 is 10.8 Å². The molecule has 6 rings (SSSR count). The molecule has 0 amide bonds. The van der Waals surface area contributed by atoms with E-state index < -0.39 is 11.1 Å². The minimum absolute atomic E-state index is 0.526. The van der Waals surface area contributed by atoms with Crippen LogP contribution in [-0.4, -0.2) is 30.3 Å². The van der Waals surface area contributed by atoms with Crippen molar-refractivity contribution in [3.63, 3.8) is 0 Å². The maximum atomic E-state index is 10.2. The van der Waals surface area contributed by atoms with Crippen molar-refractivity contribution in [1.82, 2.24) is 19.6 Å². The first-order valence-corrected chi connectivity index (χ1v) is 11.5. The number of nitrogens with zero attached hydrogens (tertiary/aromatic N) is 5. The molecule has 2 aromatic carbocycles. The van der Waals surface area contributed by atoms with Gasteiger partial charge in [-0.25, -0.2) is 9.97 Å². The average Bonchev–Trinajstić information content (AvgIpc) is 3.22. The molecule has 0 spiro atoms. The van der Waals surface area contributed by atoms with E-state index in [-0.39, 0.29) is 0 Å². The van der Waals surface area contributed by atoms with Crippen molar-refractivity contribution in [2.75, 3.05) is 0 Å². The first-order chi connectivity index (χ1) is 16.8. The van der Waals surface area contributed by atoms with Gasteiger partial charge in [0.1, 0.15) is 0 Å². The predicted octanol–water partition coefficient (Wildman–Crippen LogP) is 4.49. The molecule has 5 aromatic rings. The summed E-state index contributed by atoms with van der Waals surface area (Å²) in [5.74, 6) is 0. The fraction of sp³-hybridized carbons (Fsp3) is 0.214. The molecule has 0 radical (unpaired) electrons. The van der Waals surface area contributed by atoms with Crippen molar-refractivity contribution >= 4 is 16.7 Å². The van der Waals surface area contributed by atoms with E-state index in [9.17, 15) is 10.4 Å². The number of benzene rings is 2. The zero-order chi connectivity index (χ0) is 24.4. The lowest BCUT2D eigenvalue weighted by Crippen LogP contribution is -2.58. The number of hydrogen-bond acceptors (Lipinski definition) is 6. The molecule has 3 aromatic heterocycles. The second kappa shape index (κ2) is 7.44. The summed E-state index contributed by atoms with van der Waals surface area (Å²) in [6.07, 6.45) is 2.85. The second-order valence-electron chi connectivity index (χ2n) is 9.85. The van der Waals surface area contributed by atoms with Crippen LogP contribution in [0.4, 0.5) is 0 Å². The monoisotopic (exact) mass is 460 g/mol. The van der Waals surface area contributed by atoms with E-state index in [1.54, 1.807) is 10.7 Å². The van der Waals surface area contributed by atoms with Crippen molar-refractivity contribution in [2.24, 2.45) is 5.73 Å². The minimum atomic E-state index is -0.719. The Morgan fingerprint density at radius 3 is 2.51 bits per heavy atom. The Kier molecular flexibility index (Phi) is 4.55. The van der Waals surface area contributed by atoms with Crippen LogP contribution in [-0.2, 0) is 5.54 Å². The van der Waals surface area contributed by atoms with Crippen LogP contribution in [0.3, 0.4) is 0 Å². The third-order valence-electron chi connectivity index (χ3n) is 6.84.